The summed E-state index contributed by atoms with van der Waals surface area (Å²) in [6.07, 6.45) is 1.94. The normalized spacial score (nSPS) is 17.3. The van der Waals surface area contributed by atoms with E-state index in [-0.39, 0.29) is 17.5 Å². The van der Waals surface area contributed by atoms with Crippen molar-refractivity contribution in [1.82, 2.24) is 4.90 Å². The quantitative estimate of drug-likeness (QED) is 0.941. The monoisotopic (exact) mass is 309 g/mol. The summed E-state index contributed by atoms with van der Waals surface area (Å²) >= 11 is 0. The van der Waals surface area contributed by atoms with Gasteiger partial charge in [-0.25, -0.2) is 4.79 Å². The smallest absolute Gasteiger partial charge is 0.335 e. The van der Waals surface area contributed by atoms with E-state index in [4.69, 9.17) is 5.11 Å². The van der Waals surface area contributed by atoms with Crippen LogP contribution in [0.2, 0.25) is 0 Å². The summed E-state index contributed by atoms with van der Waals surface area (Å²) in [5.74, 6) is -1.02. The molecule has 1 atom stereocenters. The van der Waals surface area contributed by atoms with Gasteiger partial charge >= 0.3 is 5.97 Å². The molecule has 118 valence electrons. The Bertz CT molecular complexity index is 737. The number of benzene rings is 2. The van der Waals surface area contributed by atoms with Gasteiger partial charge < -0.3 is 10.0 Å². The molecule has 1 aliphatic rings. The zero-order valence-corrected chi connectivity index (χ0v) is 13.0. The fourth-order valence-corrected chi connectivity index (χ4v) is 3.15. The molecule has 0 saturated carbocycles. The second kappa shape index (κ2) is 6.24. The number of carbonyl (C=O) groups is 2. The summed E-state index contributed by atoms with van der Waals surface area (Å²) in [4.78, 5) is 25.6. The van der Waals surface area contributed by atoms with Crippen LogP contribution in [-0.2, 0) is 0 Å². The van der Waals surface area contributed by atoms with E-state index >= 15 is 0 Å². The Morgan fingerprint density at radius 1 is 1.09 bits per heavy atom. The largest absolute Gasteiger partial charge is 0.478 e. The maximum Gasteiger partial charge on any atom is 0.335 e. The molecule has 0 radical (unpaired) electrons. The van der Waals surface area contributed by atoms with Gasteiger partial charge in [0.1, 0.15) is 0 Å². The van der Waals surface area contributed by atoms with Gasteiger partial charge in [0.05, 0.1) is 11.6 Å². The minimum absolute atomic E-state index is 0.0362. The fourth-order valence-electron chi connectivity index (χ4n) is 3.15. The average Bonchev–Trinajstić information content (AvgIpc) is 3.04. The zero-order chi connectivity index (χ0) is 16.4. The number of aryl methyl sites for hydroxylation is 1. The van der Waals surface area contributed by atoms with Crippen LogP contribution < -0.4 is 0 Å². The van der Waals surface area contributed by atoms with Crippen LogP contribution >= 0.6 is 0 Å². The zero-order valence-electron chi connectivity index (χ0n) is 13.0. The highest BCUT2D eigenvalue weighted by Gasteiger charge is 2.30. The number of hydrogen-bond donors (Lipinski definition) is 1. The van der Waals surface area contributed by atoms with Crippen LogP contribution in [0.3, 0.4) is 0 Å². The van der Waals surface area contributed by atoms with Crippen molar-refractivity contribution in [3.63, 3.8) is 0 Å². The van der Waals surface area contributed by atoms with Crippen LogP contribution in [-0.4, -0.2) is 28.4 Å². The van der Waals surface area contributed by atoms with E-state index in [1.54, 1.807) is 12.1 Å². The molecular weight excluding hydrogens is 290 g/mol. The highest BCUT2D eigenvalue weighted by atomic mass is 16.4. The van der Waals surface area contributed by atoms with Crippen LogP contribution in [0.15, 0.2) is 48.5 Å². The molecule has 1 saturated heterocycles. The van der Waals surface area contributed by atoms with Gasteiger partial charge in [-0.3, -0.25) is 4.79 Å². The molecule has 1 heterocycles. The lowest BCUT2D eigenvalue weighted by Crippen LogP contribution is -2.30. The Labute approximate surface area is 135 Å². The lowest BCUT2D eigenvalue weighted by atomic mass is 10.0. The molecule has 0 bridgehead atoms. The Hall–Kier alpha value is -2.62. The number of aromatic carboxylic acids is 1. The van der Waals surface area contributed by atoms with Crippen molar-refractivity contribution in [2.24, 2.45) is 0 Å². The van der Waals surface area contributed by atoms with Gasteiger partial charge in [0.2, 0.25) is 0 Å². The third-order valence-corrected chi connectivity index (χ3v) is 4.32. The Balaban J connectivity index is 1.84. The molecule has 0 aromatic heterocycles. The van der Waals surface area contributed by atoms with E-state index < -0.39 is 5.97 Å². The number of hydrogen-bond acceptors (Lipinski definition) is 2. The molecule has 1 aliphatic heterocycles. The number of carboxylic acid groups (broad SMARTS) is 1. The van der Waals surface area contributed by atoms with Gasteiger partial charge in [-0.15, -0.1) is 0 Å². The van der Waals surface area contributed by atoms with Crippen molar-refractivity contribution >= 4 is 11.9 Å². The molecule has 2 aromatic rings. The Kier molecular flexibility index (Phi) is 4.15. The van der Waals surface area contributed by atoms with Gasteiger partial charge in [-0.05, 0) is 49.6 Å². The highest BCUT2D eigenvalue weighted by Crippen LogP contribution is 2.33. The first kappa shape index (κ1) is 15.3. The molecule has 4 heteroatoms. The summed E-state index contributed by atoms with van der Waals surface area (Å²) in [6, 6.07) is 14.5. The van der Waals surface area contributed by atoms with E-state index in [1.807, 2.05) is 11.0 Å². The topological polar surface area (TPSA) is 57.6 Å². The predicted octanol–water partition coefficient (Wildman–Crippen LogP) is 3.67. The predicted molar refractivity (Wildman–Crippen MR) is 87.6 cm³/mol. The van der Waals surface area contributed by atoms with Crippen LogP contribution in [0.4, 0.5) is 0 Å². The van der Waals surface area contributed by atoms with E-state index in [1.165, 1.54) is 17.7 Å². The first-order valence-electron chi connectivity index (χ1n) is 7.77. The molecular formula is C19H19NO3. The number of nitrogens with zero attached hydrogens (tertiary/aromatic N) is 1. The summed E-state index contributed by atoms with van der Waals surface area (Å²) < 4.78 is 0. The molecule has 2 aromatic carbocycles. The maximum atomic E-state index is 12.8. The van der Waals surface area contributed by atoms with Crippen molar-refractivity contribution in [1.29, 1.82) is 0 Å². The molecule has 1 amide bonds. The van der Waals surface area contributed by atoms with Crippen LogP contribution in [0.1, 0.15) is 50.7 Å². The van der Waals surface area contributed by atoms with E-state index in [0.717, 1.165) is 24.9 Å². The number of carboxylic acids is 1. The highest BCUT2D eigenvalue weighted by molar-refractivity contribution is 5.96. The minimum Gasteiger partial charge on any atom is -0.478 e. The fraction of sp³-hybridized carbons (Fsp3) is 0.263. The third-order valence-electron chi connectivity index (χ3n) is 4.32. The second-order valence-corrected chi connectivity index (χ2v) is 5.95. The molecule has 23 heavy (non-hydrogen) atoms. The second-order valence-electron chi connectivity index (χ2n) is 5.95. The number of rotatable bonds is 3. The van der Waals surface area contributed by atoms with Gasteiger partial charge in [0.15, 0.2) is 0 Å². The molecule has 1 N–H and O–H groups in total. The lowest BCUT2D eigenvalue weighted by Gasteiger charge is -2.25. The first-order valence-corrected chi connectivity index (χ1v) is 7.77. The van der Waals surface area contributed by atoms with Crippen molar-refractivity contribution in [3.8, 4) is 0 Å². The first-order chi connectivity index (χ1) is 11.1. The van der Waals surface area contributed by atoms with Gasteiger partial charge in [-0.2, -0.15) is 0 Å². The van der Waals surface area contributed by atoms with Crippen molar-refractivity contribution in [2.45, 2.75) is 25.8 Å². The van der Waals surface area contributed by atoms with Crippen molar-refractivity contribution in [2.75, 3.05) is 6.54 Å². The third kappa shape index (κ3) is 3.11. The van der Waals surface area contributed by atoms with E-state index in [9.17, 15) is 9.59 Å². The van der Waals surface area contributed by atoms with E-state index in [0.29, 0.717) is 5.56 Å². The SMILES string of the molecule is Cc1cccc(C2CCCN2C(=O)c2ccc(C(=O)O)cc2)c1. The van der Waals surface area contributed by atoms with Crippen LogP contribution in [0, 0.1) is 6.92 Å². The van der Waals surface area contributed by atoms with E-state index in [2.05, 4.69) is 25.1 Å². The average molecular weight is 309 g/mol. The molecule has 3 rings (SSSR count). The van der Waals surface area contributed by atoms with Crippen molar-refractivity contribution < 1.29 is 14.7 Å². The maximum absolute atomic E-state index is 12.8. The molecule has 1 fully saturated rings. The number of carbonyl (C=O) groups excluding carboxylic acids is 1. The van der Waals surface area contributed by atoms with Gasteiger partial charge in [0, 0.05) is 12.1 Å². The molecule has 0 aliphatic carbocycles. The molecule has 0 spiro atoms. The lowest BCUT2D eigenvalue weighted by molar-refractivity contribution is 0.0692. The summed E-state index contributed by atoms with van der Waals surface area (Å²) in [5, 5.41) is 8.95. The van der Waals surface area contributed by atoms with Gasteiger partial charge in [-0.1, -0.05) is 29.8 Å². The minimum atomic E-state index is -0.984. The van der Waals surface area contributed by atoms with Crippen LogP contribution in [0.25, 0.3) is 0 Å². The number of likely N-dealkylation sites (tertiary alicyclic amines) is 1. The van der Waals surface area contributed by atoms with Gasteiger partial charge in [0.25, 0.3) is 5.91 Å². The summed E-state index contributed by atoms with van der Waals surface area (Å²) in [5.41, 5.74) is 3.08. The molecule has 4 nitrogen and oxygen atoms in total. The standard InChI is InChI=1S/C19H19NO3/c1-13-4-2-5-16(12-13)17-6-3-11-20(17)18(21)14-7-9-15(10-8-14)19(22)23/h2,4-5,7-10,12,17H,3,6,11H2,1H3,(H,22,23). The summed E-state index contributed by atoms with van der Waals surface area (Å²) in [6.45, 7) is 2.79. The van der Waals surface area contributed by atoms with Crippen molar-refractivity contribution in [3.05, 3.63) is 70.8 Å². The Morgan fingerprint density at radius 2 is 1.78 bits per heavy atom. The van der Waals surface area contributed by atoms with Crippen LogP contribution in [0.5, 0.6) is 0 Å². The Morgan fingerprint density at radius 3 is 2.43 bits per heavy atom. The number of amides is 1. The summed E-state index contributed by atoms with van der Waals surface area (Å²) in [7, 11) is 0. The molecule has 1 unspecified atom stereocenters.